The van der Waals surface area contributed by atoms with Crippen molar-refractivity contribution in [2.75, 3.05) is 19.6 Å². The Balaban J connectivity index is 2.44. The van der Waals surface area contributed by atoms with E-state index in [9.17, 15) is 9.59 Å². The van der Waals surface area contributed by atoms with Gasteiger partial charge in [-0.2, -0.15) is 0 Å². The first kappa shape index (κ1) is 11.9. The van der Waals surface area contributed by atoms with Crippen LogP contribution in [0.4, 0.5) is 0 Å². The van der Waals surface area contributed by atoms with Crippen LogP contribution in [0.2, 0.25) is 0 Å². The summed E-state index contributed by atoms with van der Waals surface area (Å²) in [6.07, 6.45) is 1.66. The fourth-order valence-corrected chi connectivity index (χ4v) is 1.56. The fourth-order valence-electron chi connectivity index (χ4n) is 1.56. The third-order valence-electron chi connectivity index (χ3n) is 2.39. The summed E-state index contributed by atoms with van der Waals surface area (Å²) in [5, 5.41) is 3.12. The largest absolute Gasteiger partial charge is 0.313 e. The second-order valence-corrected chi connectivity index (χ2v) is 3.76. The van der Waals surface area contributed by atoms with Crippen LogP contribution in [0.25, 0.3) is 0 Å². The molecule has 1 N–H and O–H groups in total. The molecule has 1 aliphatic rings. The van der Waals surface area contributed by atoms with Crippen molar-refractivity contribution in [3.05, 3.63) is 12.2 Å². The summed E-state index contributed by atoms with van der Waals surface area (Å²) >= 11 is 0. The van der Waals surface area contributed by atoms with Gasteiger partial charge in [0.15, 0.2) is 0 Å². The summed E-state index contributed by atoms with van der Waals surface area (Å²) in [5.74, 6) is -0.132. The van der Waals surface area contributed by atoms with Gasteiger partial charge in [-0.3, -0.25) is 14.5 Å². The van der Waals surface area contributed by atoms with Gasteiger partial charge in [0.2, 0.25) is 11.8 Å². The minimum atomic E-state index is -0.0658. The van der Waals surface area contributed by atoms with Crippen LogP contribution in [0.15, 0.2) is 12.2 Å². The van der Waals surface area contributed by atoms with Crippen LogP contribution >= 0.6 is 0 Å². The Morgan fingerprint density at radius 2 is 2.00 bits per heavy atom. The van der Waals surface area contributed by atoms with Crippen LogP contribution in [0.5, 0.6) is 0 Å². The number of likely N-dealkylation sites (N-methyl/N-ethyl adjacent to an activating group) is 1. The maximum atomic E-state index is 11.5. The normalized spacial score (nSPS) is 17.0. The molecule has 15 heavy (non-hydrogen) atoms. The van der Waals surface area contributed by atoms with Gasteiger partial charge >= 0.3 is 0 Å². The Labute approximate surface area is 90.3 Å². The molecule has 0 aromatic carbocycles. The summed E-state index contributed by atoms with van der Waals surface area (Å²) in [5.41, 5.74) is 0.875. The van der Waals surface area contributed by atoms with Gasteiger partial charge in [0, 0.05) is 19.4 Å². The standard InChI is InChI=1S/C11H18N2O2/c1-3-12-7-9(2)8-13-10(14)5-4-6-11(13)15/h12H,2-8H2,1H3. The van der Waals surface area contributed by atoms with Crippen molar-refractivity contribution in [3.8, 4) is 0 Å². The van der Waals surface area contributed by atoms with Gasteiger partial charge in [-0.15, -0.1) is 0 Å². The highest BCUT2D eigenvalue weighted by atomic mass is 16.2. The van der Waals surface area contributed by atoms with Crippen molar-refractivity contribution < 1.29 is 9.59 Å². The molecule has 0 aliphatic carbocycles. The number of amides is 2. The number of carbonyl (C=O) groups is 2. The monoisotopic (exact) mass is 210 g/mol. The molecule has 0 bridgehead atoms. The number of carbonyl (C=O) groups excluding carboxylic acids is 2. The molecule has 0 radical (unpaired) electrons. The van der Waals surface area contributed by atoms with E-state index in [1.807, 2.05) is 6.92 Å². The van der Waals surface area contributed by atoms with Crippen LogP contribution in [0, 0.1) is 0 Å². The summed E-state index contributed by atoms with van der Waals surface area (Å²) in [6.45, 7) is 7.74. The number of nitrogens with zero attached hydrogens (tertiary/aromatic N) is 1. The van der Waals surface area contributed by atoms with E-state index < -0.39 is 0 Å². The third kappa shape index (κ3) is 3.47. The Morgan fingerprint density at radius 3 is 2.53 bits per heavy atom. The van der Waals surface area contributed by atoms with Gasteiger partial charge in [-0.25, -0.2) is 0 Å². The maximum absolute atomic E-state index is 11.5. The topological polar surface area (TPSA) is 49.4 Å². The molecule has 0 saturated carbocycles. The maximum Gasteiger partial charge on any atom is 0.229 e. The predicted octanol–water partition coefficient (Wildman–Crippen LogP) is 0.691. The van der Waals surface area contributed by atoms with Gasteiger partial charge < -0.3 is 5.32 Å². The minimum absolute atomic E-state index is 0.0658. The molecule has 0 atom stereocenters. The zero-order valence-corrected chi connectivity index (χ0v) is 9.21. The third-order valence-corrected chi connectivity index (χ3v) is 2.39. The zero-order chi connectivity index (χ0) is 11.3. The number of hydrogen-bond acceptors (Lipinski definition) is 3. The molecule has 0 aromatic heterocycles. The van der Waals surface area contributed by atoms with Gasteiger partial charge in [0.1, 0.15) is 0 Å². The highest BCUT2D eigenvalue weighted by molar-refractivity contribution is 5.97. The van der Waals surface area contributed by atoms with Crippen molar-refractivity contribution in [2.24, 2.45) is 0 Å². The minimum Gasteiger partial charge on any atom is -0.313 e. The zero-order valence-electron chi connectivity index (χ0n) is 9.21. The molecule has 1 aliphatic heterocycles. The molecule has 1 fully saturated rings. The quantitative estimate of drug-likeness (QED) is 0.536. The first-order chi connectivity index (χ1) is 7.15. The SMILES string of the molecule is C=C(CNCC)CN1C(=O)CCCC1=O. The smallest absolute Gasteiger partial charge is 0.229 e. The molecule has 0 unspecified atom stereocenters. The first-order valence-corrected chi connectivity index (χ1v) is 5.35. The molecule has 4 nitrogen and oxygen atoms in total. The molecule has 4 heteroatoms. The summed E-state index contributed by atoms with van der Waals surface area (Å²) in [7, 11) is 0. The number of piperidine rings is 1. The van der Waals surface area contributed by atoms with Crippen LogP contribution in [0.3, 0.4) is 0 Å². The highest BCUT2D eigenvalue weighted by Crippen LogP contribution is 2.13. The van der Waals surface area contributed by atoms with E-state index in [0.29, 0.717) is 32.4 Å². The summed E-state index contributed by atoms with van der Waals surface area (Å²) in [6, 6.07) is 0. The summed E-state index contributed by atoms with van der Waals surface area (Å²) in [4.78, 5) is 24.2. The number of hydrogen-bond donors (Lipinski definition) is 1. The van der Waals surface area contributed by atoms with Crippen LogP contribution in [0.1, 0.15) is 26.2 Å². The van der Waals surface area contributed by atoms with Gasteiger partial charge in [0.05, 0.1) is 6.54 Å². The van der Waals surface area contributed by atoms with E-state index in [1.54, 1.807) is 0 Å². The predicted molar refractivity (Wildman–Crippen MR) is 58.3 cm³/mol. The average molecular weight is 210 g/mol. The van der Waals surface area contributed by atoms with E-state index in [0.717, 1.165) is 12.1 Å². The molecule has 0 spiro atoms. The Morgan fingerprint density at radius 1 is 1.40 bits per heavy atom. The van der Waals surface area contributed by atoms with Crippen LogP contribution in [-0.2, 0) is 9.59 Å². The highest BCUT2D eigenvalue weighted by Gasteiger charge is 2.25. The second kappa shape index (κ2) is 5.66. The van der Waals surface area contributed by atoms with Crippen molar-refractivity contribution in [1.29, 1.82) is 0 Å². The van der Waals surface area contributed by atoms with Gasteiger partial charge in [-0.05, 0) is 18.5 Å². The molecule has 1 heterocycles. The van der Waals surface area contributed by atoms with Crippen LogP contribution < -0.4 is 5.32 Å². The van der Waals surface area contributed by atoms with E-state index in [4.69, 9.17) is 0 Å². The average Bonchev–Trinajstić information content (AvgIpc) is 2.21. The number of likely N-dealkylation sites (tertiary alicyclic amines) is 1. The molecular weight excluding hydrogens is 192 g/mol. The lowest BCUT2D eigenvalue weighted by Crippen LogP contribution is -2.42. The summed E-state index contributed by atoms with van der Waals surface area (Å²) < 4.78 is 0. The Hall–Kier alpha value is -1.16. The van der Waals surface area contributed by atoms with E-state index >= 15 is 0 Å². The van der Waals surface area contributed by atoms with Crippen LogP contribution in [-0.4, -0.2) is 36.3 Å². The van der Waals surface area contributed by atoms with Gasteiger partial charge in [0.25, 0.3) is 0 Å². The number of nitrogens with one attached hydrogen (secondary N) is 1. The molecule has 84 valence electrons. The second-order valence-electron chi connectivity index (χ2n) is 3.76. The van der Waals surface area contributed by atoms with Crippen molar-refractivity contribution in [2.45, 2.75) is 26.2 Å². The first-order valence-electron chi connectivity index (χ1n) is 5.35. The Kier molecular flexibility index (Phi) is 4.49. The lowest BCUT2D eigenvalue weighted by Gasteiger charge is -2.25. The lowest BCUT2D eigenvalue weighted by atomic mass is 10.1. The molecule has 1 rings (SSSR count). The molecule has 0 aromatic rings. The number of rotatable bonds is 5. The number of imide groups is 1. The van der Waals surface area contributed by atoms with E-state index in [-0.39, 0.29) is 11.8 Å². The lowest BCUT2D eigenvalue weighted by molar-refractivity contribution is -0.147. The van der Waals surface area contributed by atoms with Crippen molar-refractivity contribution >= 4 is 11.8 Å². The molecule has 2 amide bonds. The molecular formula is C11H18N2O2. The van der Waals surface area contributed by atoms with Crippen molar-refractivity contribution in [1.82, 2.24) is 10.2 Å². The van der Waals surface area contributed by atoms with Crippen molar-refractivity contribution in [3.63, 3.8) is 0 Å². The molecule has 1 saturated heterocycles. The van der Waals surface area contributed by atoms with Gasteiger partial charge in [-0.1, -0.05) is 13.5 Å². The fraction of sp³-hybridized carbons (Fsp3) is 0.636. The van der Waals surface area contributed by atoms with E-state index in [2.05, 4.69) is 11.9 Å². The van der Waals surface area contributed by atoms with E-state index in [1.165, 1.54) is 4.90 Å². The Bertz CT molecular complexity index is 258.